The van der Waals surface area contributed by atoms with Crippen LogP contribution >= 0.6 is 11.6 Å². The number of halogens is 1. The molecule has 4 aromatic rings. The van der Waals surface area contributed by atoms with Crippen LogP contribution in [0.3, 0.4) is 0 Å². The van der Waals surface area contributed by atoms with Gasteiger partial charge in [-0.15, -0.1) is 0 Å². The van der Waals surface area contributed by atoms with E-state index in [4.69, 9.17) is 21.4 Å². The fraction of sp³-hybridized carbons (Fsp3) is 0. The molecule has 0 aliphatic heterocycles. The Bertz CT molecular complexity index is 1180. The van der Waals surface area contributed by atoms with E-state index in [2.05, 4.69) is 5.32 Å². The minimum Gasteiger partial charge on any atom is -0.438 e. The number of carbonyl (C=O) groups is 1. The molecular formula is C20H13ClN2O2. The molecular weight excluding hydrogens is 336 g/mol. The van der Waals surface area contributed by atoms with E-state index >= 15 is 0 Å². The molecule has 25 heavy (non-hydrogen) atoms. The van der Waals surface area contributed by atoms with Gasteiger partial charge in [0.2, 0.25) is 5.55 Å². The summed E-state index contributed by atoms with van der Waals surface area (Å²) in [6.07, 6.45) is 0. The maximum atomic E-state index is 12.6. The number of hydrogen-bond donors (Lipinski definition) is 2. The predicted octanol–water partition coefficient (Wildman–Crippen LogP) is 4.97. The normalized spacial score (nSPS) is 10.9. The molecule has 0 radical (unpaired) electrons. The number of benzene rings is 3. The highest BCUT2D eigenvalue weighted by Gasteiger charge is 2.12. The quantitative estimate of drug-likeness (QED) is 0.537. The molecule has 0 fully saturated rings. The number of nitrogens with one attached hydrogen (secondary N) is 2. The monoisotopic (exact) mass is 348 g/mol. The van der Waals surface area contributed by atoms with Crippen molar-refractivity contribution in [3.05, 3.63) is 82.9 Å². The van der Waals surface area contributed by atoms with Gasteiger partial charge in [0.15, 0.2) is 0 Å². The number of rotatable bonds is 2. The van der Waals surface area contributed by atoms with Gasteiger partial charge >= 0.3 is 0 Å². The Kier molecular flexibility index (Phi) is 3.75. The van der Waals surface area contributed by atoms with Gasteiger partial charge in [0.1, 0.15) is 11.1 Å². The molecule has 0 saturated carbocycles. The molecule has 1 amide bonds. The fourth-order valence-electron chi connectivity index (χ4n) is 2.75. The Labute approximate surface area is 148 Å². The summed E-state index contributed by atoms with van der Waals surface area (Å²) >= 11 is 5.99. The summed E-state index contributed by atoms with van der Waals surface area (Å²) < 4.78 is 5.42. The Morgan fingerprint density at radius 3 is 2.56 bits per heavy atom. The summed E-state index contributed by atoms with van der Waals surface area (Å²) in [5, 5.41) is 14.1. The summed E-state index contributed by atoms with van der Waals surface area (Å²) in [5.74, 6) is -0.397. The van der Waals surface area contributed by atoms with Crippen LogP contribution in [0.15, 0.2) is 71.1 Å². The Balaban J connectivity index is 1.71. The van der Waals surface area contributed by atoms with Crippen LogP contribution < -0.4 is 10.9 Å². The van der Waals surface area contributed by atoms with Gasteiger partial charge in [-0.2, -0.15) is 0 Å². The van der Waals surface area contributed by atoms with E-state index in [1.165, 1.54) is 0 Å². The lowest BCUT2D eigenvalue weighted by Crippen LogP contribution is -2.20. The largest absolute Gasteiger partial charge is 0.438 e. The van der Waals surface area contributed by atoms with Crippen LogP contribution in [0.4, 0.5) is 5.69 Å². The van der Waals surface area contributed by atoms with E-state index in [0.29, 0.717) is 21.7 Å². The Morgan fingerprint density at radius 1 is 0.920 bits per heavy atom. The maximum Gasteiger partial charge on any atom is 0.261 e. The van der Waals surface area contributed by atoms with Crippen molar-refractivity contribution < 1.29 is 9.21 Å². The molecule has 4 nitrogen and oxygen atoms in total. The van der Waals surface area contributed by atoms with Crippen molar-refractivity contribution in [3.63, 3.8) is 0 Å². The molecule has 0 aliphatic rings. The summed E-state index contributed by atoms with van der Waals surface area (Å²) in [5.41, 5.74) is 1.14. The van der Waals surface area contributed by atoms with Crippen LogP contribution in [-0.4, -0.2) is 5.91 Å². The second kappa shape index (κ2) is 6.07. The molecule has 1 aromatic heterocycles. The van der Waals surface area contributed by atoms with E-state index < -0.39 is 5.91 Å². The van der Waals surface area contributed by atoms with E-state index in [1.807, 2.05) is 42.5 Å². The highest BCUT2D eigenvalue weighted by Crippen LogP contribution is 2.21. The molecule has 0 spiro atoms. The molecule has 0 bridgehead atoms. The third-order valence-electron chi connectivity index (χ3n) is 3.98. The molecule has 0 aliphatic carbocycles. The highest BCUT2D eigenvalue weighted by molar-refractivity contribution is 6.31. The smallest absolute Gasteiger partial charge is 0.261 e. The topological polar surface area (TPSA) is 66.1 Å². The van der Waals surface area contributed by atoms with Crippen molar-refractivity contribution in [1.29, 1.82) is 5.41 Å². The van der Waals surface area contributed by atoms with Crippen LogP contribution in [0.25, 0.3) is 21.7 Å². The highest BCUT2D eigenvalue weighted by atomic mass is 35.5. The molecule has 0 saturated heterocycles. The third kappa shape index (κ3) is 2.99. The van der Waals surface area contributed by atoms with E-state index in [9.17, 15) is 4.79 Å². The lowest BCUT2D eigenvalue weighted by atomic mass is 10.1. The minimum absolute atomic E-state index is 0.155. The fourth-order valence-corrected chi connectivity index (χ4v) is 2.93. The Hall–Kier alpha value is -3.11. The second-order valence-corrected chi connectivity index (χ2v) is 6.12. The summed E-state index contributed by atoms with van der Waals surface area (Å²) in [6.45, 7) is 0. The molecule has 1 heterocycles. The second-order valence-electron chi connectivity index (χ2n) is 5.69. The van der Waals surface area contributed by atoms with Crippen molar-refractivity contribution >= 4 is 44.9 Å². The minimum atomic E-state index is -0.397. The molecule has 5 heteroatoms. The van der Waals surface area contributed by atoms with Gasteiger partial charge in [0.25, 0.3) is 5.91 Å². The van der Waals surface area contributed by atoms with Crippen molar-refractivity contribution in [1.82, 2.24) is 0 Å². The third-order valence-corrected chi connectivity index (χ3v) is 4.22. The van der Waals surface area contributed by atoms with Crippen molar-refractivity contribution in [3.8, 4) is 0 Å². The first-order chi connectivity index (χ1) is 12.1. The van der Waals surface area contributed by atoms with Crippen molar-refractivity contribution in [2.45, 2.75) is 0 Å². The number of anilines is 1. The zero-order chi connectivity index (χ0) is 17.4. The van der Waals surface area contributed by atoms with Crippen LogP contribution in [-0.2, 0) is 0 Å². The number of carbonyl (C=O) groups excluding carboxylic acids is 1. The number of hydrogen-bond acceptors (Lipinski definition) is 3. The van der Waals surface area contributed by atoms with E-state index in [0.717, 1.165) is 10.8 Å². The first kappa shape index (κ1) is 15.4. The van der Waals surface area contributed by atoms with Crippen LogP contribution in [0.5, 0.6) is 0 Å². The average Bonchev–Trinajstić information content (AvgIpc) is 2.61. The maximum absolute atomic E-state index is 12.6. The number of fused-ring (bicyclic) bond motifs is 2. The van der Waals surface area contributed by atoms with Crippen LogP contribution in [0.2, 0.25) is 5.02 Å². The van der Waals surface area contributed by atoms with Gasteiger partial charge in [-0.05, 0) is 47.2 Å². The predicted molar refractivity (Wildman–Crippen MR) is 99.0 cm³/mol. The van der Waals surface area contributed by atoms with Gasteiger partial charge in [-0.1, -0.05) is 41.9 Å². The van der Waals surface area contributed by atoms with E-state index in [-0.39, 0.29) is 11.1 Å². The van der Waals surface area contributed by atoms with Crippen LogP contribution in [0, 0.1) is 5.41 Å². The van der Waals surface area contributed by atoms with Gasteiger partial charge in [0.05, 0.1) is 0 Å². The summed E-state index contributed by atoms with van der Waals surface area (Å²) in [7, 11) is 0. The average molecular weight is 349 g/mol. The first-order valence-corrected chi connectivity index (χ1v) is 8.06. The molecule has 0 atom stereocenters. The zero-order valence-corrected chi connectivity index (χ0v) is 13.8. The zero-order valence-electron chi connectivity index (χ0n) is 13.0. The van der Waals surface area contributed by atoms with Gasteiger partial charge in [-0.3, -0.25) is 10.2 Å². The molecule has 4 rings (SSSR count). The summed E-state index contributed by atoms with van der Waals surface area (Å²) in [4.78, 5) is 12.6. The lowest BCUT2D eigenvalue weighted by molar-refractivity contribution is 0.102. The van der Waals surface area contributed by atoms with E-state index in [1.54, 1.807) is 24.3 Å². The molecule has 0 unspecified atom stereocenters. The lowest BCUT2D eigenvalue weighted by Gasteiger charge is -2.07. The van der Waals surface area contributed by atoms with Gasteiger partial charge in [0, 0.05) is 16.1 Å². The Morgan fingerprint density at radius 2 is 1.72 bits per heavy atom. The summed E-state index contributed by atoms with van der Waals surface area (Å²) in [6, 6.07) is 20.2. The molecule has 122 valence electrons. The van der Waals surface area contributed by atoms with Gasteiger partial charge < -0.3 is 9.73 Å². The van der Waals surface area contributed by atoms with Crippen molar-refractivity contribution in [2.24, 2.45) is 0 Å². The first-order valence-electron chi connectivity index (χ1n) is 7.68. The van der Waals surface area contributed by atoms with Crippen molar-refractivity contribution in [2.75, 3.05) is 5.32 Å². The van der Waals surface area contributed by atoms with Crippen LogP contribution in [0.1, 0.15) is 10.4 Å². The number of amides is 1. The molecule has 3 aromatic carbocycles. The standard InChI is InChI=1S/C20H13ClN2O2/c21-15-6-8-18-14(9-15)11-17(19(22)25-18)20(24)23-16-7-5-12-3-1-2-4-13(12)10-16/h1-11,22H,(H,23,24). The SMILES string of the molecule is N=c1oc2ccc(Cl)cc2cc1C(=O)Nc1ccc2ccccc2c1. The van der Waals surface area contributed by atoms with Gasteiger partial charge in [-0.25, -0.2) is 0 Å². The molecule has 2 N–H and O–H groups in total.